The predicted octanol–water partition coefficient (Wildman–Crippen LogP) is 5.13. The molecule has 0 fully saturated rings. The molecule has 0 radical (unpaired) electrons. The van der Waals surface area contributed by atoms with Crippen molar-refractivity contribution in [1.82, 2.24) is 0 Å². The third kappa shape index (κ3) is 3.01. The second kappa shape index (κ2) is 5.51. The van der Waals surface area contributed by atoms with Crippen molar-refractivity contribution in [3.8, 4) is 0 Å². The summed E-state index contributed by atoms with van der Waals surface area (Å²) in [6.45, 7) is 0. The van der Waals surface area contributed by atoms with Gasteiger partial charge in [-0.1, -0.05) is 46.4 Å². The van der Waals surface area contributed by atoms with Gasteiger partial charge in [0, 0.05) is 10.0 Å². The fraction of sp³-hybridized carbons (Fsp3) is 0. The van der Waals surface area contributed by atoms with Crippen molar-refractivity contribution < 1.29 is 8.42 Å². The molecule has 0 unspecified atom stereocenters. The summed E-state index contributed by atoms with van der Waals surface area (Å²) < 4.78 is 24.9. The quantitative estimate of drug-likeness (QED) is 0.747. The van der Waals surface area contributed by atoms with Crippen molar-refractivity contribution >= 4 is 56.2 Å². The van der Waals surface area contributed by atoms with Gasteiger partial charge in [0.25, 0.3) is 0 Å². The van der Waals surface area contributed by atoms with Gasteiger partial charge in [-0.15, -0.1) is 0 Å². The van der Waals surface area contributed by atoms with Crippen LogP contribution in [0.15, 0.2) is 46.2 Å². The molecule has 0 aliphatic rings. The van der Waals surface area contributed by atoms with Crippen LogP contribution in [0.25, 0.3) is 0 Å². The average Bonchev–Trinajstić information content (AvgIpc) is 2.27. The Labute approximate surface area is 130 Å². The Morgan fingerprint density at radius 2 is 1.05 bits per heavy atom. The Morgan fingerprint density at radius 3 is 1.37 bits per heavy atom. The molecule has 0 saturated carbocycles. The number of rotatable bonds is 2. The highest BCUT2D eigenvalue weighted by atomic mass is 35.5. The van der Waals surface area contributed by atoms with Gasteiger partial charge in [0.2, 0.25) is 9.84 Å². The van der Waals surface area contributed by atoms with Crippen LogP contribution in [0.2, 0.25) is 20.1 Å². The van der Waals surface area contributed by atoms with Crippen LogP contribution >= 0.6 is 46.4 Å². The molecular formula is C12H6Cl4O2S. The molecule has 0 spiro atoms. The number of sulfone groups is 1. The number of hydrogen-bond donors (Lipinski definition) is 0. The molecule has 0 heterocycles. The highest BCUT2D eigenvalue weighted by Gasteiger charge is 2.23. The lowest BCUT2D eigenvalue weighted by Crippen LogP contribution is -2.03. The summed E-state index contributed by atoms with van der Waals surface area (Å²) in [5.74, 6) is 0. The minimum Gasteiger partial charge on any atom is -0.218 e. The van der Waals surface area contributed by atoms with E-state index >= 15 is 0 Å². The maximum absolute atomic E-state index is 12.4. The van der Waals surface area contributed by atoms with Gasteiger partial charge in [0.1, 0.15) is 0 Å². The predicted molar refractivity (Wildman–Crippen MR) is 78.4 cm³/mol. The van der Waals surface area contributed by atoms with E-state index in [1.807, 2.05) is 0 Å². The molecule has 2 rings (SSSR count). The van der Waals surface area contributed by atoms with Gasteiger partial charge in [0.15, 0.2) is 0 Å². The van der Waals surface area contributed by atoms with Crippen LogP contribution in [-0.2, 0) is 9.84 Å². The monoisotopic (exact) mass is 354 g/mol. The van der Waals surface area contributed by atoms with E-state index in [1.165, 1.54) is 36.4 Å². The van der Waals surface area contributed by atoms with Crippen LogP contribution in [0.5, 0.6) is 0 Å². The fourth-order valence-electron chi connectivity index (χ4n) is 1.50. The molecule has 0 atom stereocenters. The third-order valence-electron chi connectivity index (χ3n) is 2.37. The summed E-state index contributed by atoms with van der Waals surface area (Å²) in [5, 5.41) is 0.786. The smallest absolute Gasteiger partial charge is 0.209 e. The first-order chi connectivity index (χ1) is 8.82. The number of halogens is 4. The van der Waals surface area contributed by atoms with Crippen LogP contribution in [-0.4, -0.2) is 8.42 Å². The molecule has 0 N–H and O–H groups in total. The normalized spacial score (nSPS) is 11.6. The van der Waals surface area contributed by atoms with E-state index in [2.05, 4.69) is 0 Å². The molecule has 0 bridgehead atoms. The maximum atomic E-state index is 12.4. The van der Waals surface area contributed by atoms with E-state index in [0.717, 1.165) is 0 Å². The van der Waals surface area contributed by atoms with E-state index in [0.29, 0.717) is 10.0 Å². The zero-order chi connectivity index (χ0) is 14.2. The molecule has 100 valence electrons. The van der Waals surface area contributed by atoms with Crippen molar-refractivity contribution in [3.05, 3.63) is 56.5 Å². The second-order valence-corrected chi connectivity index (χ2v) is 7.23. The topological polar surface area (TPSA) is 34.1 Å². The second-order valence-electron chi connectivity index (χ2n) is 3.65. The molecule has 0 saturated heterocycles. The summed E-state index contributed by atoms with van der Waals surface area (Å²) in [5.41, 5.74) is 0. The van der Waals surface area contributed by atoms with Crippen molar-refractivity contribution in [1.29, 1.82) is 0 Å². The Balaban J connectivity index is 2.65. The van der Waals surface area contributed by atoms with Gasteiger partial charge in [-0.25, -0.2) is 8.42 Å². The van der Waals surface area contributed by atoms with Gasteiger partial charge >= 0.3 is 0 Å². The lowest BCUT2D eigenvalue weighted by molar-refractivity contribution is 0.596. The van der Waals surface area contributed by atoms with Crippen LogP contribution < -0.4 is 0 Å². The van der Waals surface area contributed by atoms with Crippen LogP contribution in [0.4, 0.5) is 0 Å². The third-order valence-corrected chi connectivity index (χ3v) is 5.56. The Bertz CT molecular complexity index is 684. The van der Waals surface area contributed by atoms with Gasteiger partial charge in [0.05, 0.1) is 19.8 Å². The first-order valence-corrected chi connectivity index (χ1v) is 7.97. The van der Waals surface area contributed by atoms with E-state index < -0.39 is 9.84 Å². The highest BCUT2D eigenvalue weighted by molar-refractivity contribution is 7.91. The Kier molecular flexibility index (Phi) is 4.33. The summed E-state index contributed by atoms with van der Waals surface area (Å²) in [6, 6.07) is 8.30. The zero-order valence-corrected chi connectivity index (χ0v) is 13.0. The molecule has 2 aromatic carbocycles. The van der Waals surface area contributed by atoms with Gasteiger partial charge in [-0.2, -0.15) is 0 Å². The van der Waals surface area contributed by atoms with E-state index in [-0.39, 0.29) is 19.8 Å². The maximum Gasteiger partial charge on any atom is 0.209 e. The van der Waals surface area contributed by atoms with Crippen molar-refractivity contribution in [2.75, 3.05) is 0 Å². The molecule has 0 aromatic heterocycles. The summed E-state index contributed by atoms with van der Waals surface area (Å²) in [4.78, 5) is -0.106. The lowest BCUT2D eigenvalue weighted by Gasteiger charge is -2.08. The standard InChI is InChI=1S/C12H6Cl4O2S/c13-7-1-3-11(9(15)5-7)19(17,18)12-4-2-8(14)6-10(12)16/h1-6H. The molecule has 0 aliphatic carbocycles. The van der Waals surface area contributed by atoms with Gasteiger partial charge in [-0.05, 0) is 36.4 Å². The SMILES string of the molecule is O=S(=O)(c1ccc(Cl)cc1Cl)c1ccc(Cl)cc1Cl. The first-order valence-electron chi connectivity index (χ1n) is 4.97. The van der Waals surface area contributed by atoms with Crippen LogP contribution in [0.1, 0.15) is 0 Å². The minimum absolute atomic E-state index is 0.0403. The molecule has 7 heteroatoms. The van der Waals surface area contributed by atoms with Crippen molar-refractivity contribution in [2.24, 2.45) is 0 Å². The van der Waals surface area contributed by atoms with Crippen LogP contribution in [0.3, 0.4) is 0 Å². The molecule has 2 nitrogen and oxygen atoms in total. The van der Waals surface area contributed by atoms with Gasteiger partial charge in [-0.3, -0.25) is 0 Å². The minimum atomic E-state index is -3.82. The number of hydrogen-bond acceptors (Lipinski definition) is 2. The Morgan fingerprint density at radius 1 is 0.684 bits per heavy atom. The Hall–Kier alpha value is -0.450. The van der Waals surface area contributed by atoms with E-state index in [4.69, 9.17) is 46.4 Å². The lowest BCUT2D eigenvalue weighted by atomic mass is 10.3. The highest BCUT2D eigenvalue weighted by Crippen LogP contribution is 2.34. The first kappa shape index (κ1) is 14.9. The van der Waals surface area contributed by atoms with Crippen LogP contribution in [0, 0.1) is 0 Å². The van der Waals surface area contributed by atoms with E-state index in [9.17, 15) is 8.42 Å². The number of benzene rings is 2. The largest absolute Gasteiger partial charge is 0.218 e. The van der Waals surface area contributed by atoms with Gasteiger partial charge < -0.3 is 0 Å². The molecule has 2 aromatic rings. The molecule has 0 aliphatic heterocycles. The van der Waals surface area contributed by atoms with Crippen molar-refractivity contribution in [2.45, 2.75) is 9.79 Å². The average molecular weight is 356 g/mol. The summed E-state index contributed by atoms with van der Waals surface area (Å²) >= 11 is 23.3. The molecule has 19 heavy (non-hydrogen) atoms. The van der Waals surface area contributed by atoms with Crippen molar-refractivity contribution in [3.63, 3.8) is 0 Å². The summed E-state index contributed by atoms with van der Waals surface area (Å²) in [7, 11) is -3.82. The zero-order valence-electron chi connectivity index (χ0n) is 9.20. The molecule has 0 amide bonds. The molecular weight excluding hydrogens is 350 g/mol. The summed E-state index contributed by atoms with van der Waals surface area (Å²) in [6.07, 6.45) is 0. The fourth-order valence-corrected chi connectivity index (χ4v) is 4.29. The van der Waals surface area contributed by atoms with E-state index in [1.54, 1.807) is 0 Å².